The minimum absolute atomic E-state index is 0.0700. The van der Waals surface area contributed by atoms with Crippen LogP contribution in [0.2, 0.25) is 0 Å². The topological polar surface area (TPSA) is 23.8 Å². The predicted molar refractivity (Wildman–Crippen MR) is 59.2 cm³/mol. The molecule has 0 aliphatic heterocycles. The normalized spacial score (nSPS) is 12.1. The monoisotopic (exact) mass is 187 g/mol. The lowest BCUT2D eigenvalue weighted by Gasteiger charge is -2.11. The fraction of sp³-hybridized carbons (Fsp3) is 0.462. The van der Waals surface area contributed by atoms with E-state index in [0.29, 0.717) is 0 Å². The van der Waals surface area contributed by atoms with Crippen molar-refractivity contribution in [1.82, 2.24) is 0 Å². The van der Waals surface area contributed by atoms with Gasteiger partial charge in [-0.3, -0.25) is 0 Å². The van der Waals surface area contributed by atoms with E-state index in [1.165, 1.54) is 16.7 Å². The smallest absolute Gasteiger partial charge is 0.0715 e. The Bertz CT molecular complexity index is 347. The van der Waals surface area contributed by atoms with Gasteiger partial charge < -0.3 is 0 Å². The van der Waals surface area contributed by atoms with Crippen LogP contribution in [0.4, 0.5) is 0 Å². The molecule has 0 aliphatic carbocycles. The van der Waals surface area contributed by atoms with E-state index < -0.39 is 0 Å². The Labute approximate surface area is 86.4 Å². The fourth-order valence-electron chi connectivity index (χ4n) is 1.79. The van der Waals surface area contributed by atoms with E-state index in [1.54, 1.807) is 0 Å². The van der Waals surface area contributed by atoms with Crippen LogP contribution in [0, 0.1) is 25.2 Å². The first kappa shape index (κ1) is 10.8. The maximum Gasteiger partial charge on any atom is 0.0715 e. The summed E-state index contributed by atoms with van der Waals surface area (Å²) in [4.78, 5) is 0. The van der Waals surface area contributed by atoms with Crippen LogP contribution in [0.3, 0.4) is 0 Å². The Morgan fingerprint density at radius 2 is 2.07 bits per heavy atom. The molecule has 0 spiro atoms. The summed E-state index contributed by atoms with van der Waals surface area (Å²) in [7, 11) is 0. The van der Waals surface area contributed by atoms with Crippen molar-refractivity contribution in [3.05, 3.63) is 34.9 Å². The predicted octanol–water partition coefficient (Wildman–Crippen LogP) is 3.71. The van der Waals surface area contributed by atoms with Gasteiger partial charge in [0.2, 0.25) is 0 Å². The van der Waals surface area contributed by atoms with Gasteiger partial charge in [-0.05, 0) is 31.4 Å². The lowest BCUT2D eigenvalue weighted by atomic mass is 9.91. The maximum absolute atomic E-state index is 9.05. The van der Waals surface area contributed by atoms with Gasteiger partial charge in [0.05, 0.1) is 12.0 Å². The van der Waals surface area contributed by atoms with Crippen LogP contribution in [0.1, 0.15) is 42.4 Å². The molecule has 0 aliphatic rings. The number of aryl methyl sites for hydroxylation is 2. The third-order valence-corrected chi connectivity index (χ3v) is 2.53. The molecule has 0 bridgehead atoms. The van der Waals surface area contributed by atoms with Crippen molar-refractivity contribution in [3.63, 3.8) is 0 Å². The molecule has 14 heavy (non-hydrogen) atoms. The van der Waals surface area contributed by atoms with Crippen LogP contribution in [0.25, 0.3) is 0 Å². The summed E-state index contributed by atoms with van der Waals surface area (Å²) in [6, 6.07) is 8.70. The van der Waals surface area contributed by atoms with E-state index in [0.717, 1.165) is 12.8 Å². The second-order valence-corrected chi connectivity index (χ2v) is 3.83. The SMILES string of the molecule is CCCC(C#N)c1ccc(C)cc1C. The molecule has 0 saturated heterocycles. The molecule has 0 fully saturated rings. The Hall–Kier alpha value is -1.29. The molecular weight excluding hydrogens is 170 g/mol. The number of nitrogens with zero attached hydrogens (tertiary/aromatic N) is 1. The van der Waals surface area contributed by atoms with Gasteiger partial charge in [-0.25, -0.2) is 0 Å². The molecular formula is C13H17N. The van der Waals surface area contributed by atoms with Gasteiger partial charge in [-0.15, -0.1) is 0 Å². The summed E-state index contributed by atoms with van der Waals surface area (Å²) in [5, 5.41) is 9.05. The van der Waals surface area contributed by atoms with E-state index in [9.17, 15) is 0 Å². The highest BCUT2D eigenvalue weighted by atomic mass is 14.3. The van der Waals surface area contributed by atoms with Gasteiger partial charge >= 0.3 is 0 Å². The lowest BCUT2D eigenvalue weighted by Crippen LogP contribution is -1.98. The molecule has 74 valence electrons. The molecule has 0 amide bonds. The maximum atomic E-state index is 9.05. The van der Waals surface area contributed by atoms with Gasteiger partial charge in [0.25, 0.3) is 0 Å². The average Bonchev–Trinajstić information content (AvgIpc) is 2.15. The number of benzene rings is 1. The summed E-state index contributed by atoms with van der Waals surface area (Å²) < 4.78 is 0. The largest absolute Gasteiger partial charge is 0.198 e. The van der Waals surface area contributed by atoms with Gasteiger partial charge in [0, 0.05) is 0 Å². The average molecular weight is 187 g/mol. The summed E-state index contributed by atoms with van der Waals surface area (Å²) in [5.74, 6) is 0.0700. The number of rotatable bonds is 3. The summed E-state index contributed by atoms with van der Waals surface area (Å²) in [5.41, 5.74) is 3.70. The van der Waals surface area contributed by atoms with E-state index >= 15 is 0 Å². The number of nitriles is 1. The van der Waals surface area contributed by atoms with Crippen LogP contribution in [-0.4, -0.2) is 0 Å². The second kappa shape index (κ2) is 4.81. The first-order chi connectivity index (χ1) is 6.69. The third kappa shape index (κ3) is 2.35. The van der Waals surface area contributed by atoms with Crippen molar-refractivity contribution >= 4 is 0 Å². The molecule has 1 atom stereocenters. The molecule has 1 nitrogen and oxygen atoms in total. The van der Waals surface area contributed by atoms with Gasteiger partial charge in [-0.2, -0.15) is 5.26 Å². The molecule has 0 heterocycles. The highest BCUT2D eigenvalue weighted by Crippen LogP contribution is 2.24. The highest BCUT2D eigenvalue weighted by Gasteiger charge is 2.11. The van der Waals surface area contributed by atoms with Crippen LogP contribution < -0.4 is 0 Å². The zero-order chi connectivity index (χ0) is 10.6. The van der Waals surface area contributed by atoms with Crippen LogP contribution in [0.15, 0.2) is 18.2 Å². The van der Waals surface area contributed by atoms with Crippen LogP contribution >= 0.6 is 0 Å². The fourth-order valence-corrected chi connectivity index (χ4v) is 1.79. The molecule has 0 saturated carbocycles. The van der Waals surface area contributed by atoms with Gasteiger partial charge in [0.15, 0.2) is 0 Å². The van der Waals surface area contributed by atoms with E-state index in [4.69, 9.17) is 5.26 Å². The van der Waals surface area contributed by atoms with Gasteiger partial charge in [-0.1, -0.05) is 37.1 Å². The second-order valence-electron chi connectivity index (χ2n) is 3.83. The number of hydrogen-bond acceptors (Lipinski definition) is 1. The molecule has 0 radical (unpaired) electrons. The third-order valence-electron chi connectivity index (χ3n) is 2.53. The summed E-state index contributed by atoms with van der Waals surface area (Å²) >= 11 is 0. The highest BCUT2D eigenvalue weighted by molar-refractivity contribution is 5.35. The van der Waals surface area contributed by atoms with Crippen molar-refractivity contribution in [3.8, 4) is 6.07 Å². The van der Waals surface area contributed by atoms with Crippen molar-refractivity contribution in [2.75, 3.05) is 0 Å². The van der Waals surface area contributed by atoms with Crippen LogP contribution in [0.5, 0.6) is 0 Å². The van der Waals surface area contributed by atoms with Crippen molar-refractivity contribution in [1.29, 1.82) is 5.26 Å². The Kier molecular flexibility index (Phi) is 3.71. The Morgan fingerprint density at radius 1 is 1.36 bits per heavy atom. The zero-order valence-electron chi connectivity index (χ0n) is 9.17. The standard InChI is InChI=1S/C13H17N/c1-4-5-12(9-14)13-7-6-10(2)8-11(13)3/h6-8,12H,4-5H2,1-3H3. The minimum atomic E-state index is 0.0700. The van der Waals surface area contributed by atoms with Gasteiger partial charge in [0.1, 0.15) is 0 Å². The summed E-state index contributed by atoms with van der Waals surface area (Å²) in [6.07, 6.45) is 2.02. The Morgan fingerprint density at radius 3 is 2.57 bits per heavy atom. The van der Waals surface area contributed by atoms with E-state index in [2.05, 4.69) is 45.0 Å². The van der Waals surface area contributed by atoms with E-state index in [-0.39, 0.29) is 5.92 Å². The summed E-state index contributed by atoms with van der Waals surface area (Å²) in [6.45, 7) is 6.29. The first-order valence-corrected chi connectivity index (χ1v) is 5.15. The molecule has 1 rings (SSSR count). The molecule has 0 N–H and O–H groups in total. The van der Waals surface area contributed by atoms with Crippen molar-refractivity contribution < 1.29 is 0 Å². The molecule has 0 aromatic heterocycles. The number of hydrogen-bond donors (Lipinski definition) is 0. The van der Waals surface area contributed by atoms with Crippen LogP contribution in [-0.2, 0) is 0 Å². The lowest BCUT2D eigenvalue weighted by molar-refractivity contribution is 0.723. The minimum Gasteiger partial charge on any atom is -0.198 e. The zero-order valence-corrected chi connectivity index (χ0v) is 9.17. The molecule has 1 aromatic rings. The molecule has 1 unspecified atom stereocenters. The first-order valence-electron chi connectivity index (χ1n) is 5.15. The quantitative estimate of drug-likeness (QED) is 0.707. The van der Waals surface area contributed by atoms with E-state index in [1.807, 2.05) is 0 Å². The molecule has 1 aromatic carbocycles. The molecule has 1 heteroatoms. The van der Waals surface area contributed by atoms with Crippen molar-refractivity contribution in [2.24, 2.45) is 0 Å². The van der Waals surface area contributed by atoms with Crippen molar-refractivity contribution in [2.45, 2.75) is 39.5 Å². The Balaban J connectivity index is 3.00.